The summed E-state index contributed by atoms with van der Waals surface area (Å²) in [6.45, 7) is 4.32. The normalized spacial score (nSPS) is 19.8. The van der Waals surface area contributed by atoms with Gasteiger partial charge in [0.25, 0.3) is 0 Å². The molecule has 1 aliphatic heterocycles. The zero-order valence-corrected chi connectivity index (χ0v) is 13.9. The first-order chi connectivity index (χ1) is 10.1. The second-order valence-corrected chi connectivity index (χ2v) is 6.55. The fourth-order valence-electron chi connectivity index (χ4n) is 3.08. The van der Waals surface area contributed by atoms with E-state index in [1.807, 2.05) is 0 Å². The van der Waals surface area contributed by atoms with Gasteiger partial charge in [-0.15, -0.1) is 0 Å². The monoisotopic (exact) mass is 296 g/mol. The summed E-state index contributed by atoms with van der Waals surface area (Å²) in [5.41, 5.74) is 0. The molecular weight excluding hydrogens is 264 g/mol. The first-order valence-electron chi connectivity index (χ1n) is 8.89. The lowest BCUT2D eigenvalue weighted by Gasteiger charge is -2.14. The van der Waals surface area contributed by atoms with E-state index in [0.717, 1.165) is 12.8 Å². The van der Waals surface area contributed by atoms with Crippen LogP contribution in [0.1, 0.15) is 90.9 Å². The van der Waals surface area contributed by atoms with Gasteiger partial charge >= 0.3 is 11.9 Å². The van der Waals surface area contributed by atoms with E-state index in [-0.39, 0.29) is 30.2 Å². The van der Waals surface area contributed by atoms with Crippen molar-refractivity contribution in [2.75, 3.05) is 0 Å². The Hall–Kier alpha value is -0.860. The van der Waals surface area contributed by atoms with E-state index in [1.165, 1.54) is 57.8 Å². The van der Waals surface area contributed by atoms with E-state index >= 15 is 0 Å². The SMILES string of the molecule is CCCCCCCCCCCCC(C)C1CC(=O)OC1=O. The molecule has 2 unspecified atom stereocenters. The highest BCUT2D eigenvalue weighted by Crippen LogP contribution is 2.28. The number of hydrogen-bond acceptors (Lipinski definition) is 3. The van der Waals surface area contributed by atoms with Crippen molar-refractivity contribution in [1.82, 2.24) is 0 Å². The Kier molecular flexibility index (Phi) is 9.36. The van der Waals surface area contributed by atoms with Crippen LogP contribution in [-0.4, -0.2) is 11.9 Å². The van der Waals surface area contributed by atoms with E-state index in [0.29, 0.717) is 0 Å². The molecule has 0 N–H and O–H groups in total. The Bertz CT molecular complexity index is 312. The van der Waals surface area contributed by atoms with Crippen LogP contribution in [0.15, 0.2) is 0 Å². The fourth-order valence-corrected chi connectivity index (χ4v) is 3.08. The van der Waals surface area contributed by atoms with Gasteiger partial charge in [-0.3, -0.25) is 9.59 Å². The van der Waals surface area contributed by atoms with Crippen molar-refractivity contribution < 1.29 is 14.3 Å². The molecule has 1 aliphatic rings. The molecule has 0 radical (unpaired) electrons. The summed E-state index contributed by atoms with van der Waals surface area (Å²) in [5.74, 6) is -0.562. The minimum atomic E-state index is -0.347. The molecule has 0 aromatic carbocycles. The molecule has 0 amide bonds. The lowest BCUT2D eigenvalue weighted by Crippen LogP contribution is -2.16. The van der Waals surface area contributed by atoms with E-state index in [2.05, 4.69) is 18.6 Å². The average Bonchev–Trinajstić information content (AvgIpc) is 2.79. The largest absolute Gasteiger partial charge is 0.393 e. The van der Waals surface area contributed by atoms with Crippen molar-refractivity contribution in [3.05, 3.63) is 0 Å². The zero-order valence-electron chi connectivity index (χ0n) is 13.9. The topological polar surface area (TPSA) is 43.4 Å². The lowest BCUT2D eigenvalue weighted by atomic mass is 9.88. The van der Waals surface area contributed by atoms with Gasteiger partial charge < -0.3 is 4.74 Å². The van der Waals surface area contributed by atoms with E-state index in [9.17, 15) is 9.59 Å². The van der Waals surface area contributed by atoms with Crippen LogP contribution in [0.4, 0.5) is 0 Å². The number of carbonyl (C=O) groups is 2. The predicted octanol–water partition coefficient (Wildman–Crippen LogP) is 5.02. The first kappa shape index (κ1) is 18.2. The van der Waals surface area contributed by atoms with Crippen molar-refractivity contribution in [2.24, 2.45) is 11.8 Å². The van der Waals surface area contributed by atoms with Crippen molar-refractivity contribution in [3.8, 4) is 0 Å². The van der Waals surface area contributed by atoms with Gasteiger partial charge in [-0.1, -0.05) is 78.1 Å². The van der Waals surface area contributed by atoms with Crippen LogP contribution >= 0.6 is 0 Å². The smallest absolute Gasteiger partial charge is 0.317 e. The molecular formula is C18H32O3. The number of esters is 2. The molecule has 0 aromatic rings. The molecule has 0 spiro atoms. The Balaban J connectivity index is 1.92. The maximum absolute atomic E-state index is 11.5. The van der Waals surface area contributed by atoms with Crippen molar-refractivity contribution in [2.45, 2.75) is 90.9 Å². The molecule has 3 nitrogen and oxygen atoms in total. The number of cyclic esters (lactones) is 2. The fraction of sp³-hybridized carbons (Fsp3) is 0.889. The third-order valence-electron chi connectivity index (χ3n) is 4.60. The van der Waals surface area contributed by atoms with Crippen LogP contribution in [0.25, 0.3) is 0 Å². The van der Waals surface area contributed by atoms with Crippen molar-refractivity contribution in [3.63, 3.8) is 0 Å². The molecule has 21 heavy (non-hydrogen) atoms. The van der Waals surface area contributed by atoms with Crippen molar-refractivity contribution in [1.29, 1.82) is 0 Å². The van der Waals surface area contributed by atoms with Crippen LogP contribution < -0.4 is 0 Å². The summed E-state index contributed by atoms with van der Waals surface area (Å²) in [6, 6.07) is 0. The maximum Gasteiger partial charge on any atom is 0.317 e. The Morgan fingerprint density at radius 3 is 1.95 bits per heavy atom. The van der Waals surface area contributed by atoms with Gasteiger partial charge in [0, 0.05) is 0 Å². The van der Waals surface area contributed by atoms with Gasteiger partial charge in [-0.25, -0.2) is 0 Å². The molecule has 1 saturated heterocycles. The van der Waals surface area contributed by atoms with Crippen molar-refractivity contribution >= 4 is 11.9 Å². The Labute approximate surface area is 129 Å². The third-order valence-corrected chi connectivity index (χ3v) is 4.60. The highest BCUT2D eigenvalue weighted by atomic mass is 16.6. The summed E-state index contributed by atoms with van der Waals surface area (Å²) >= 11 is 0. The highest BCUT2D eigenvalue weighted by Gasteiger charge is 2.36. The maximum atomic E-state index is 11.5. The van der Waals surface area contributed by atoms with Crippen LogP contribution in [0.5, 0.6) is 0 Å². The second-order valence-electron chi connectivity index (χ2n) is 6.55. The highest BCUT2D eigenvalue weighted by molar-refractivity contribution is 5.94. The van der Waals surface area contributed by atoms with Gasteiger partial charge in [0.05, 0.1) is 12.3 Å². The van der Waals surface area contributed by atoms with Crippen LogP contribution in [0, 0.1) is 11.8 Å². The van der Waals surface area contributed by atoms with E-state index in [1.54, 1.807) is 0 Å². The van der Waals surface area contributed by atoms with Gasteiger partial charge in [-0.2, -0.15) is 0 Å². The van der Waals surface area contributed by atoms with Gasteiger partial charge in [-0.05, 0) is 12.3 Å². The first-order valence-corrected chi connectivity index (χ1v) is 8.89. The van der Waals surface area contributed by atoms with E-state index in [4.69, 9.17) is 0 Å². The third kappa shape index (κ3) is 7.63. The molecule has 1 heterocycles. The molecule has 0 aromatic heterocycles. The lowest BCUT2D eigenvalue weighted by molar-refractivity contribution is -0.153. The number of ether oxygens (including phenoxy) is 1. The number of rotatable bonds is 12. The minimum absolute atomic E-state index is 0.184. The number of unbranched alkanes of at least 4 members (excludes halogenated alkanes) is 9. The molecule has 1 rings (SSSR count). The number of hydrogen-bond donors (Lipinski definition) is 0. The summed E-state index contributed by atoms with van der Waals surface area (Å²) in [5, 5.41) is 0. The van der Waals surface area contributed by atoms with Gasteiger partial charge in [0.15, 0.2) is 0 Å². The molecule has 0 saturated carbocycles. The second kappa shape index (κ2) is 10.8. The standard InChI is InChI=1S/C18H32O3/c1-3-4-5-6-7-8-9-10-11-12-13-15(2)16-14-17(19)21-18(16)20/h15-16H,3-14H2,1-2H3. The van der Waals surface area contributed by atoms with Crippen LogP contribution in [0.3, 0.4) is 0 Å². The Morgan fingerprint density at radius 1 is 0.952 bits per heavy atom. The summed E-state index contributed by atoms with van der Waals surface area (Å²) in [7, 11) is 0. The number of carbonyl (C=O) groups excluding carboxylic acids is 2. The summed E-state index contributed by atoms with van der Waals surface area (Å²) in [6.07, 6.45) is 14.6. The summed E-state index contributed by atoms with van der Waals surface area (Å²) < 4.78 is 4.62. The predicted molar refractivity (Wildman–Crippen MR) is 84.8 cm³/mol. The molecule has 0 bridgehead atoms. The Morgan fingerprint density at radius 2 is 1.48 bits per heavy atom. The molecule has 3 heteroatoms. The van der Waals surface area contributed by atoms with Gasteiger partial charge in [0.2, 0.25) is 0 Å². The van der Waals surface area contributed by atoms with Crippen LogP contribution in [0.2, 0.25) is 0 Å². The minimum Gasteiger partial charge on any atom is -0.393 e. The average molecular weight is 296 g/mol. The van der Waals surface area contributed by atoms with Gasteiger partial charge in [0.1, 0.15) is 0 Å². The molecule has 122 valence electrons. The van der Waals surface area contributed by atoms with Crippen LogP contribution in [-0.2, 0) is 14.3 Å². The van der Waals surface area contributed by atoms with E-state index < -0.39 is 0 Å². The molecule has 1 fully saturated rings. The molecule has 2 atom stereocenters. The zero-order chi connectivity index (χ0) is 15.5. The summed E-state index contributed by atoms with van der Waals surface area (Å²) in [4.78, 5) is 22.5. The quantitative estimate of drug-likeness (QED) is 0.288. The molecule has 0 aliphatic carbocycles.